The molecule has 0 radical (unpaired) electrons. The number of piperazine rings is 1. The average Bonchev–Trinajstić information content (AvgIpc) is 3.21. The van der Waals surface area contributed by atoms with E-state index in [4.69, 9.17) is 28.9 Å². The lowest BCUT2D eigenvalue weighted by Gasteiger charge is -2.34. The second-order valence-corrected chi connectivity index (χ2v) is 8.17. The lowest BCUT2D eigenvalue weighted by atomic mass is 10.3. The molecule has 2 fully saturated rings. The highest BCUT2D eigenvalue weighted by atomic mass is 35.5. The van der Waals surface area contributed by atoms with Crippen molar-refractivity contribution in [3.63, 3.8) is 0 Å². The van der Waals surface area contributed by atoms with Crippen molar-refractivity contribution >= 4 is 38.9 Å². The summed E-state index contributed by atoms with van der Waals surface area (Å²) in [6.45, 7) is 2.45. The van der Waals surface area contributed by atoms with Crippen molar-refractivity contribution in [3.05, 3.63) is 22.2 Å². The number of benzene rings is 1. The highest BCUT2D eigenvalue weighted by Gasteiger charge is 2.36. The fourth-order valence-electron chi connectivity index (χ4n) is 2.70. The molecule has 2 N–H and O–H groups in total. The Bertz CT molecular complexity index is 630. The van der Waals surface area contributed by atoms with Crippen molar-refractivity contribution in [2.24, 2.45) is 0 Å². The molecule has 1 saturated carbocycles. The van der Waals surface area contributed by atoms with Crippen molar-refractivity contribution < 1.29 is 8.42 Å². The predicted octanol–water partition coefficient (Wildman–Crippen LogP) is 2.04. The molecule has 1 aliphatic carbocycles. The summed E-state index contributed by atoms with van der Waals surface area (Å²) < 4.78 is 26.9. The third kappa shape index (κ3) is 3.00. The first kappa shape index (κ1) is 15.4. The maximum atomic E-state index is 12.7. The van der Waals surface area contributed by atoms with Gasteiger partial charge in [0.1, 0.15) is 4.90 Å². The Labute approximate surface area is 134 Å². The Morgan fingerprint density at radius 2 is 1.57 bits per heavy atom. The van der Waals surface area contributed by atoms with Gasteiger partial charge in [-0.3, -0.25) is 4.90 Å². The molecule has 2 aliphatic rings. The Morgan fingerprint density at radius 3 is 2.05 bits per heavy atom. The molecule has 1 heterocycles. The Balaban J connectivity index is 1.84. The van der Waals surface area contributed by atoms with Crippen LogP contribution in [-0.4, -0.2) is 49.8 Å². The van der Waals surface area contributed by atoms with Gasteiger partial charge in [0.2, 0.25) is 10.0 Å². The monoisotopic (exact) mass is 349 g/mol. The molecule has 0 aromatic heterocycles. The van der Waals surface area contributed by atoms with E-state index in [0.717, 1.165) is 13.1 Å². The van der Waals surface area contributed by atoms with Gasteiger partial charge in [-0.1, -0.05) is 23.2 Å². The van der Waals surface area contributed by atoms with Gasteiger partial charge in [0.15, 0.2) is 0 Å². The van der Waals surface area contributed by atoms with E-state index in [1.807, 2.05) is 0 Å². The molecular weight excluding hydrogens is 333 g/mol. The third-order valence-corrected chi connectivity index (χ3v) is 6.78. The Morgan fingerprint density at radius 1 is 1.05 bits per heavy atom. The van der Waals surface area contributed by atoms with Crippen LogP contribution in [0.3, 0.4) is 0 Å². The number of rotatable bonds is 3. The molecule has 0 spiro atoms. The summed E-state index contributed by atoms with van der Waals surface area (Å²) in [4.78, 5) is 2.30. The summed E-state index contributed by atoms with van der Waals surface area (Å²) in [5.41, 5.74) is 5.97. The molecule has 1 aliphatic heterocycles. The second-order valence-electron chi connectivity index (χ2n) is 5.48. The Kier molecular flexibility index (Phi) is 4.09. The lowest BCUT2D eigenvalue weighted by Crippen LogP contribution is -2.49. The van der Waals surface area contributed by atoms with Crippen LogP contribution in [0.25, 0.3) is 0 Å². The molecular formula is C13H17Cl2N3O2S. The van der Waals surface area contributed by atoms with Crippen LogP contribution in [0.2, 0.25) is 10.0 Å². The first-order chi connectivity index (χ1) is 9.89. The highest BCUT2D eigenvalue weighted by Crippen LogP contribution is 2.35. The summed E-state index contributed by atoms with van der Waals surface area (Å²) in [5, 5.41) is 0.147. The van der Waals surface area contributed by atoms with Crippen LogP contribution in [0.1, 0.15) is 12.8 Å². The summed E-state index contributed by atoms with van der Waals surface area (Å²) in [6.07, 6.45) is 2.45. The smallest absolute Gasteiger partial charge is 0.246 e. The molecule has 1 saturated heterocycles. The number of hydrogen-bond acceptors (Lipinski definition) is 4. The second kappa shape index (κ2) is 5.59. The van der Waals surface area contributed by atoms with Gasteiger partial charge in [0, 0.05) is 37.9 Å². The maximum Gasteiger partial charge on any atom is 0.246 e. The largest absolute Gasteiger partial charge is 0.399 e. The molecule has 3 rings (SSSR count). The number of halogens is 2. The van der Waals surface area contributed by atoms with Crippen LogP contribution in [0.15, 0.2) is 17.0 Å². The molecule has 0 unspecified atom stereocenters. The molecule has 1 aromatic rings. The Hall–Kier alpha value is -0.530. The van der Waals surface area contributed by atoms with E-state index >= 15 is 0 Å². The van der Waals surface area contributed by atoms with E-state index in [0.29, 0.717) is 24.8 Å². The van der Waals surface area contributed by atoms with Crippen LogP contribution in [0.5, 0.6) is 0 Å². The topological polar surface area (TPSA) is 66.6 Å². The van der Waals surface area contributed by atoms with Crippen LogP contribution < -0.4 is 5.73 Å². The minimum Gasteiger partial charge on any atom is -0.399 e. The fraction of sp³-hybridized carbons (Fsp3) is 0.538. The van der Waals surface area contributed by atoms with Crippen molar-refractivity contribution in [3.8, 4) is 0 Å². The quantitative estimate of drug-likeness (QED) is 0.848. The molecule has 1 aromatic carbocycles. The normalized spacial score (nSPS) is 21.6. The van der Waals surface area contributed by atoms with E-state index < -0.39 is 10.0 Å². The number of nitrogens with zero attached hydrogens (tertiary/aromatic N) is 2. The predicted molar refractivity (Wildman–Crippen MR) is 84.2 cm³/mol. The van der Waals surface area contributed by atoms with Gasteiger partial charge in [-0.25, -0.2) is 8.42 Å². The fourth-order valence-corrected chi connectivity index (χ4v) is 5.31. The van der Waals surface area contributed by atoms with E-state index in [1.165, 1.54) is 29.3 Å². The zero-order valence-corrected chi connectivity index (χ0v) is 13.8. The molecule has 8 heteroatoms. The van der Waals surface area contributed by atoms with Crippen LogP contribution in [-0.2, 0) is 10.0 Å². The number of hydrogen-bond donors (Lipinski definition) is 1. The van der Waals surface area contributed by atoms with Gasteiger partial charge in [-0.15, -0.1) is 0 Å². The van der Waals surface area contributed by atoms with Crippen molar-refractivity contribution in [2.75, 3.05) is 31.9 Å². The molecule has 21 heavy (non-hydrogen) atoms. The van der Waals surface area contributed by atoms with Gasteiger partial charge in [-0.2, -0.15) is 4.31 Å². The van der Waals surface area contributed by atoms with Crippen molar-refractivity contribution in [1.82, 2.24) is 9.21 Å². The highest BCUT2D eigenvalue weighted by molar-refractivity contribution is 7.89. The number of nitrogen functional groups attached to an aromatic ring is 1. The van der Waals surface area contributed by atoms with Gasteiger partial charge in [0.05, 0.1) is 10.0 Å². The zero-order valence-electron chi connectivity index (χ0n) is 11.4. The van der Waals surface area contributed by atoms with E-state index in [2.05, 4.69) is 4.90 Å². The van der Waals surface area contributed by atoms with Gasteiger partial charge >= 0.3 is 0 Å². The van der Waals surface area contributed by atoms with Crippen LogP contribution >= 0.6 is 23.2 Å². The standard InChI is InChI=1S/C13H17Cl2N3O2S/c14-11-7-9(16)8-12(15)13(11)21(19,20)18-5-3-17(4-6-18)10-1-2-10/h7-8,10H,1-6,16H2. The van der Waals surface area contributed by atoms with Crippen LogP contribution in [0.4, 0.5) is 5.69 Å². The SMILES string of the molecule is Nc1cc(Cl)c(S(=O)(=O)N2CCN(C3CC3)CC2)c(Cl)c1. The minimum atomic E-state index is -3.68. The molecule has 116 valence electrons. The summed E-state index contributed by atoms with van der Waals surface area (Å²) in [7, 11) is -3.68. The third-order valence-electron chi connectivity index (χ3n) is 3.95. The molecule has 0 bridgehead atoms. The van der Waals surface area contributed by atoms with Crippen LogP contribution in [0, 0.1) is 0 Å². The first-order valence-corrected chi connectivity index (χ1v) is 9.08. The zero-order chi connectivity index (χ0) is 15.2. The minimum absolute atomic E-state index is 0.0418. The van der Waals surface area contributed by atoms with E-state index in [1.54, 1.807) is 0 Å². The van der Waals surface area contributed by atoms with E-state index in [-0.39, 0.29) is 14.9 Å². The van der Waals surface area contributed by atoms with Gasteiger partial charge in [-0.05, 0) is 25.0 Å². The number of anilines is 1. The maximum absolute atomic E-state index is 12.7. The molecule has 5 nitrogen and oxygen atoms in total. The molecule has 0 amide bonds. The summed E-state index contributed by atoms with van der Waals surface area (Å²) in [5.74, 6) is 0. The van der Waals surface area contributed by atoms with Gasteiger partial charge in [0.25, 0.3) is 0 Å². The lowest BCUT2D eigenvalue weighted by molar-refractivity contribution is 0.180. The molecule has 0 atom stereocenters. The summed E-state index contributed by atoms with van der Waals surface area (Å²) in [6, 6.07) is 3.49. The van der Waals surface area contributed by atoms with Crippen molar-refractivity contribution in [1.29, 1.82) is 0 Å². The first-order valence-electron chi connectivity index (χ1n) is 6.88. The van der Waals surface area contributed by atoms with E-state index in [9.17, 15) is 8.42 Å². The number of nitrogens with two attached hydrogens (primary N) is 1. The van der Waals surface area contributed by atoms with Gasteiger partial charge < -0.3 is 5.73 Å². The average molecular weight is 350 g/mol. The number of sulfonamides is 1. The summed E-state index contributed by atoms with van der Waals surface area (Å²) >= 11 is 12.1. The van der Waals surface area contributed by atoms with Crippen molar-refractivity contribution in [2.45, 2.75) is 23.8 Å².